The van der Waals surface area contributed by atoms with E-state index in [9.17, 15) is 4.79 Å². The molecule has 1 atom stereocenters. The van der Waals surface area contributed by atoms with Crippen LogP contribution >= 0.6 is 8.58 Å². The van der Waals surface area contributed by atoms with Crippen molar-refractivity contribution in [2.75, 3.05) is 0 Å². The van der Waals surface area contributed by atoms with Crippen LogP contribution in [-0.2, 0) is 0 Å². The van der Waals surface area contributed by atoms with Crippen molar-refractivity contribution in [2.24, 2.45) is 0 Å². The third-order valence-electron chi connectivity index (χ3n) is 5.91. The molecule has 0 saturated heterocycles. The number of hydrogen-bond donors (Lipinski definition) is 0. The topological polar surface area (TPSA) is 44.8 Å². The Labute approximate surface area is 242 Å². The minimum absolute atomic E-state index is 0. The molecule has 39 heavy (non-hydrogen) atoms. The average Bonchev–Trinajstić information content (AvgIpc) is 2.92. The number of hydrogen-bond acceptors (Lipinski definition) is 4. The van der Waals surface area contributed by atoms with E-state index in [4.69, 9.17) is 14.2 Å². The molecule has 6 heteroatoms. The monoisotopic (exact) mass is 526 g/mol. The van der Waals surface area contributed by atoms with Gasteiger partial charge < -0.3 is 14.2 Å². The van der Waals surface area contributed by atoms with Gasteiger partial charge in [0.2, 0.25) is 0 Å². The van der Waals surface area contributed by atoms with Crippen molar-refractivity contribution in [3.8, 4) is 34.5 Å². The molecule has 5 rings (SSSR count). The molecule has 5 aromatic carbocycles. The van der Waals surface area contributed by atoms with Gasteiger partial charge in [-0.05, 0) is 70.0 Å². The van der Waals surface area contributed by atoms with E-state index in [-0.39, 0.29) is 33.0 Å². The van der Waals surface area contributed by atoms with Crippen LogP contribution in [0.2, 0.25) is 0 Å². The van der Waals surface area contributed by atoms with E-state index >= 15 is 0 Å². The molecule has 0 aliphatic carbocycles. The van der Waals surface area contributed by atoms with Crippen molar-refractivity contribution in [1.29, 1.82) is 0 Å². The van der Waals surface area contributed by atoms with Crippen LogP contribution in [-0.4, -0.2) is 24.4 Å². The van der Waals surface area contributed by atoms with Gasteiger partial charge in [0.25, 0.3) is 0 Å². The number of carbonyl (C=O) groups is 1. The van der Waals surface area contributed by atoms with Gasteiger partial charge in [-0.15, -0.1) is 0 Å². The van der Waals surface area contributed by atoms with E-state index in [1.807, 2.05) is 135 Å². The standard InChI is InChI=1S/C33H27O4P.Li.H/c1-23-13-12-14-24(2)31(23)33(34)38-32-29(36-26-17-8-4-9-18-26)21-28(35-25-15-6-3-7-16-25)22-30(32)37-27-19-10-5-11-20-27;;/h3-22,38H,1-2H3;;. The molecule has 5 aromatic rings. The summed E-state index contributed by atoms with van der Waals surface area (Å²) in [6, 6.07) is 38.1. The molecule has 0 N–H and O–H groups in total. The van der Waals surface area contributed by atoms with Crippen molar-refractivity contribution >= 4 is 38.3 Å². The molecule has 190 valence electrons. The van der Waals surface area contributed by atoms with Gasteiger partial charge >= 0.3 is 18.9 Å². The maximum atomic E-state index is 13.7. The SMILES string of the molecule is Cc1cccc(C)c1C(=O)Pc1c(Oc2ccccc2)cc(Oc2ccccc2)cc1Oc1ccccc1.[LiH]. The predicted molar refractivity (Wildman–Crippen MR) is 161 cm³/mol. The molecular weight excluding hydrogens is 498 g/mol. The summed E-state index contributed by atoms with van der Waals surface area (Å²) in [6.45, 7) is 3.93. The summed E-state index contributed by atoms with van der Waals surface area (Å²) in [6.07, 6.45) is 0. The third-order valence-corrected chi connectivity index (χ3v) is 7.13. The van der Waals surface area contributed by atoms with Crippen LogP contribution in [0.25, 0.3) is 0 Å². The Kier molecular flexibility index (Phi) is 9.63. The summed E-state index contributed by atoms with van der Waals surface area (Å²) in [4.78, 5) is 13.7. The Morgan fingerprint density at radius 2 is 0.949 bits per heavy atom. The molecule has 4 nitrogen and oxygen atoms in total. The fraction of sp³-hybridized carbons (Fsp3) is 0.0606. The first-order valence-corrected chi connectivity index (χ1v) is 13.3. The van der Waals surface area contributed by atoms with E-state index < -0.39 is 0 Å². The van der Waals surface area contributed by atoms with Crippen molar-refractivity contribution in [3.05, 3.63) is 138 Å². The summed E-state index contributed by atoms with van der Waals surface area (Å²) in [5, 5.41) is 0.672. The number of carbonyl (C=O) groups excluding carboxylic acids is 1. The molecule has 0 aromatic heterocycles. The average molecular weight is 526 g/mol. The summed E-state index contributed by atoms with van der Waals surface area (Å²) in [5.74, 6) is 3.55. The summed E-state index contributed by atoms with van der Waals surface area (Å²) < 4.78 is 18.9. The van der Waals surface area contributed by atoms with E-state index in [0.717, 1.165) is 16.7 Å². The molecule has 0 saturated carbocycles. The first kappa shape index (κ1) is 28.2. The number of benzene rings is 5. The molecule has 0 aliphatic rings. The van der Waals surface area contributed by atoms with E-state index in [1.54, 1.807) is 0 Å². The fourth-order valence-electron chi connectivity index (χ4n) is 4.11. The third kappa shape index (κ3) is 7.19. The van der Waals surface area contributed by atoms with Crippen molar-refractivity contribution in [1.82, 2.24) is 0 Å². The van der Waals surface area contributed by atoms with Gasteiger partial charge in [0.05, 0.1) is 5.30 Å². The number of ether oxygens (including phenoxy) is 3. The van der Waals surface area contributed by atoms with Crippen LogP contribution in [0.15, 0.2) is 121 Å². The molecule has 0 heterocycles. The van der Waals surface area contributed by atoms with Crippen LogP contribution in [0.1, 0.15) is 21.5 Å². The van der Waals surface area contributed by atoms with Crippen LogP contribution in [0.5, 0.6) is 34.5 Å². The molecule has 0 bridgehead atoms. The fourth-order valence-corrected chi connectivity index (χ4v) is 5.35. The number of rotatable bonds is 9. The Morgan fingerprint density at radius 1 is 0.538 bits per heavy atom. The van der Waals surface area contributed by atoms with Gasteiger partial charge in [-0.3, -0.25) is 4.79 Å². The Morgan fingerprint density at radius 3 is 1.38 bits per heavy atom. The van der Waals surface area contributed by atoms with Crippen molar-refractivity contribution < 1.29 is 19.0 Å². The summed E-state index contributed by atoms with van der Waals surface area (Å²) in [5.41, 5.74) is 2.64. The second kappa shape index (κ2) is 13.3. The second-order valence-corrected chi connectivity index (χ2v) is 9.96. The predicted octanol–water partition coefficient (Wildman–Crippen LogP) is 8.18. The van der Waals surface area contributed by atoms with Gasteiger partial charge in [0.15, 0.2) is 5.52 Å². The van der Waals surface area contributed by atoms with Crippen molar-refractivity contribution in [2.45, 2.75) is 13.8 Å². The van der Waals surface area contributed by atoms with Gasteiger partial charge in [-0.1, -0.05) is 72.8 Å². The van der Waals surface area contributed by atoms with Crippen molar-refractivity contribution in [3.63, 3.8) is 0 Å². The van der Waals surface area contributed by atoms with Gasteiger partial charge in [0, 0.05) is 17.7 Å². The van der Waals surface area contributed by atoms with Crippen LogP contribution < -0.4 is 19.5 Å². The molecule has 0 radical (unpaired) electrons. The summed E-state index contributed by atoms with van der Waals surface area (Å²) in [7, 11) is -0.231. The number of para-hydroxylation sites is 3. The normalized spacial score (nSPS) is 10.6. The van der Waals surface area contributed by atoms with Crippen LogP contribution in [0.4, 0.5) is 0 Å². The Bertz CT molecular complexity index is 1460. The summed E-state index contributed by atoms with van der Waals surface area (Å²) >= 11 is 0. The quantitative estimate of drug-likeness (QED) is 0.144. The molecule has 1 unspecified atom stereocenters. The van der Waals surface area contributed by atoms with Gasteiger partial charge in [-0.25, -0.2) is 0 Å². The Hall–Kier alpha value is -3.80. The van der Waals surface area contributed by atoms with E-state index in [1.165, 1.54) is 0 Å². The first-order valence-electron chi connectivity index (χ1n) is 12.3. The molecule has 0 spiro atoms. The zero-order valence-corrected chi connectivity index (χ0v) is 22.2. The first-order chi connectivity index (χ1) is 18.6. The van der Waals surface area contributed by atoms with Gasteiger partial charge in [-0.2, -0.15) is 0 Å². The Balaban J connectivity index is 0.00000353. The molecule has 0 aliphatic heterocycles. The van der Waals surface area contributed by atoms with Crippen LogP contribution in [0, 0.1) is 13.8 Å². The zero-order chi connectivity index (χ0) is 26.3. The number of aryl methyl sites for hydroxylation is 2. The maximum absolute atomic E-state index is 13.7. The molecular formula is C33H28LiO4P. The van der Waals surface area contributed by atoms with Crippen LogP contribution in [0.3, 0.4) is 0 Å². The zero-order valence-electron chi connectivity index (χ0n) is 21.2. The molecule has 0 amide bonds. The van der Waals surface area contributed by atoms with E-state index in [2.05, 4.69) is 0 Å². The second-order valence-electron chi connectivity index (χ2n) is 8.76. The van der Waals surface area contributed by atoms with Gasteiger partial charge in [0.1, 0.15) is 34.5 Å². The molecule has 0 fully saturated rings. The van der Waals surface area contributed by atoms with E-state index in [0.29, 0.717) is 39.8 Å². The minimum atomic E-state index is -0.231.